The Morgan fingerprint density at radius 3 is 2.00 bits per heavy atom. The Balaban J connectivity index is 2.48. The van der Waals surface area contributed by atoms with Gasteiger partial charge in [0.1, 0.15) is 0 Å². The third kappa shape index (κ3) is 1.75. The molecule has 1 aliphatic heterocycles. The first-order valence-electron chi connectivity index (χ1n) is 4.04. The zero-order chi connectivity index (χ0) is 9.14. The number of hydrogen-bond acceptors (Lipinski definition) is 5. The standard InChI is InChI=1S/C7H15NO4/c9-2-1-4-6(11)7(12)5(3-10)8-4/h4-12H,1-3H2/t4?,5-,6-,7-/m0/s1. The molecule has 0 spiro atoms. The molecular formula is C7H15NO4. The van der Waals surface area contributed by atoms with Gasteiger partial charge in [-0.2, -0.15) is 0 Å². The molecule has 0 bridgehead atoms. The van der Waals surface area contributed by atoms with E-state index >= 15 is 0 Å². The summed E-state index contributed by atoms with van der Waals surface area (Å²) in [6.07, 6.45) is -1.45. The van der Waals surface area contributed by atoms with Crippen molar-refractivity contribution >= 4 is 0 Å². The molecule has 5 nitrogen and oxygen atoms in total. The van der Waals surface area contributed by atoms with Gasteiger partial charge in [0, 0.05) is 12.6 Å². The van der Waals surface area contributed by atoms with Gasteiger partial charge in [-0.25, -0.2) is 0 Å². The zero-order valence-electron chi connectivity index (χ0n) is 6.72. The van der Waals surface area contributed by atoms with Crippen LogP contribution in [0, 0.1) is 0 Å². The summed E-state index contributed by atoms with van der Waals surface area (Å²) in [7, 11) is 0. The van der Waals surface area contributed by atoms with Crippen molar-refractivity contribution in [2.24, 2.45) is 0 Å². The number of rotatable bonds is 3. The van der Waals surface area contributed by atoms with Crippen molar-refractivity contribution in [2.45, 2.75) is 30.7 Å². The fraction of sp³-hybridized carbons (Fsp3) is 1.00. The van der Waals surface area contributed by atoms with Gasteiger partial charge >= 0.3 is 0 Å². The fourth-order valence-corrected chi connectivity index (χ4v) is 1.50. The van der Waals surface area contributed by atoms with Gasteiger partial charge in [0.25, 0.3) is 0 Å². The lowest BCUT2D eigenvalue weighted by Gasteiger charge is -2.13. The van der Waals surface area contributed by atoms with Gasteiger partial charge in [-0.15, -0.1) is 0 Å². The van der Waals surface area contributed by atoms with Crippen LogP contribution in [0.2, 0.25) is 0 Å². The van der Waals surface area contributed by atoms with Crippen LogP contribution >= 0.6 is 0 Å². The van der Waals surface area contributed by atoms with E-state index in [1.54, 1.807) is 0 Å². The molecule has 1 unspecified atom stereocenters. The summed E-state index contributed by atoms with van der Waals surface area (Å²) in [6, 6.07) is -0.793. The lowest BCUT2D eigenvalue weighted by Crippen LogP contribution is -2.36. The van der Waals surface area contributed by atoms with Crippen molar-refractivity contribution < 1.29 is 20.4 Å². The van der Waals surface area contributed by atoms with E-state index in [0.717, 1.165) is 0 Å². The van der Waals surface area contributed by atoms with E-state index in [1.165, 1.54) is 0 Å². The Labute approximate surface area is 70.6 Å². The van der Waals surface area contributed by atoms with Crippen molar-refractivity contribution in [3.05, 3.63) is 0 Å². The van der Waals surface area contributed by atoms with Gasteiger partial charge in [-0.1, -0.05) is 0 Å². The highest BCUT2D eigenvalue weighted by Crippen LogP contribution is 2.16. The molecule has 0 aliphatic carbocycles. The topological polar surface area (TPSA) is 93.0 Å². The molecule has 5 N–H and O–H groups in total. The third-order valence-electron chi connectivity index (χ3n) is 2.24. The SMILES string of the molecule is OCCC1N[C@@H](CO)[C@H](O)[C@H]1O. The minimum Gasteiger partial charge on any atom is -0.396 e. The van der Waals surface area contributed by atoms with Gasteiger partial charge in [0.15, 0.2) is 0 Å². The first-order valence-corrected chi connectivity index (χ1v) is 4.04. The predicted octanol–water partition coefficient (Wildman–Crippen LogP) is -2.58. The molecule has 0 aromatic carbocycles. The summed E-state index contributed by atoms with van der Waals surface area (Å²) in [6.45, 7) is -0.250. The molecule has 0 aromatic rings. The van der Waals surface area contributed by atoms with Crippen molar-refractivity contribution in [3.8, 4) is 0 Å². The summed E-state index contributed by atoms with van der Waals surface area (Å²) in [5.41, 5.74) is 0. The molecule has 72 valence electrons. The van der Waals surface area contributed by atoms with Crippen LogP contribution in [-0.4, -0.2) is 57.9 Å². The van der Waals surface area contributed by atoms with E-state index in [1.807, 2.05) is 0 Å². The highest BCUT2D eigenvalue weighted by molar-refractivity contribution is 4.97. The first-order chi connectivity index (χ1) is 5.70. The largest absolute Gasteiger partial charge is 0.396 e. The Morgan fingerprint density at radius 2 is 1.58 bits per heavy atom. The molecule has 1 saturated heterocycles. The fourth-order valence-electron chi connectivity index (χ4n) is 1.50. The Morgan fingerprint density at radius 1 is 1.00 bits per heavy atom. The Kier molecular flexibility index (Phi) is 3.42. The van der Waals surface area contributed by atoms with Crippen LogP contribution in [0.4, 0.5) is 0 Å². The summed E-state index contributed by atoms with van der Waals surface area (Å²) in [5, 5.41) is 38.8. The molecule has 1 heterocycles. The van der Waals surface area contributed by atoms with E-state index in [-0.39, 0.29) is 19.3 Å². The van der Waals surface area contributed by atoms with E-state index in [4.69, 9.17) is 10.2 Å². The summed E-state index contributed by atoms with van der Waals surface area (Å²) >= 11 is 0. The highest BCUT2D eigenvalue weighted by Gasteiger charge is 2.39. The first kappa shape index (κ1) is 9.88. The third-order valence-corrected chi connectivity index (χ3v) is 2.24. The molecule has 1 aliphatic rings. The minimum absolute atomic E-state index is 0.0421. The van der Waals surface area contributed by atoms with E-state index in [2.05, 4.69) is 5.32 Å². The number of hydrogen-bond donors (Lipinski definition) is 5. The van der Waals surface area contributed by atoms with E-state index in [9.17, 15) is 10.2 Å². The summed E-state index contributed by atoms with van der Waals surface area (Å²) in [4.78, 5) is 0. The second-order valence-electron chi connectivity index (χ2n) is 3.06. The van der Waals surface area contributed by atoms with Gasteiger partial charge in [0.05, 0.1) is 24.9 Å². The highest BCUT2D eigenvalue weighted by atomic mass is 16.3. The number of aliphatic hydroxyl groups is 4. The van der Waals surface area contributed by atoms with Crippen molar-refractivity contribution in [2.75, 3.05) is 13.2 Å². The van der Waals surface area contributed by atoms with Gasteiger partial charge in [0.2, 0.25) is 0 Å². The van der Waals surface area contributed by atoms with Crippen LogP contribution in [0.5, 0.6) is 0 Å². The normalized spacial score (nSPS) is 42.0. The Hall–Kier alpha value is -0.200. The molecule has 5 heteroatoms. The van der Waals surface area contributed by atoms with Crippen LogP contribution < -0.4 is 5.32 Å². The molecule has 0 saturated carbocycles. The second-order valence-corrected chi connectivity index (χ2v) is 3.06. The number of nitrogens with one attached hydrogen (secondary N) is 1. The molecule has 12 heavy (non-hydrogen) atoms. The average Bonchev–Trinajstić information content (AvgIpc) is 2.33. The maximum atomic E-state index is 9.36. The molecular weight excluding hydrogens is 162 g/mol. The molecule has 1 rings (SSSR count). The molecule has 0 aromatic heterocycles. The van der Waals surface area contributed by atoms with Crippen molar-refractivity contribution in [1.82, 2.24) is 5.32 Å². The summed E-state index contributed by atoms with van der Waals surface area (Å²) < 4.78 is 0. The van der Waals surface area contributed by atoms with Gasteiger partial charge in [-0.3, -0.25) is 0 Å². The van der Waals surface area contributed by atoms with E-state index < -0.39 is 18.2 Å². The molecule has 0 radical (unpaired) electrons. The van der Waals surface area contributed by atoms with Crippen molar-refractivity contribution in [1.29, 1.82) is 0 Å². The monoisotopic (exact) mass is 177 g/mol. The molecule has 1 fully saturated rings. The van der Waals surface area contributed by atoms with Crippen molar-refractivity contribution in [3.63, 3.8) is 0 Å². The second kappa shape index (κ2) is 4.15. The predicted molar refractivity (Wildman–Crippen MR) is 41.5 cm³/mol. The van der Waals surface area contributed by atoms with Gasteiger partial charge in [-0.05, 0) is 6.42 Å². The lowest BCUT2D eigenvalue weighted by atomic mass is 10.1. The van der Waals surface area contributed by atoms with E-state index in [0.29, 0.717) is 6.42 Å². The zero-order valence-corrected chi connectivity index (χ0v) is 6.72. The molecule has 4 atom stereocenters. The quantitative estimate of drug-likeness (QED) is 0.326. The van der Waals surface area contributed by atoms with Crippen LogP contribution in [0.15, 0.2) is 0 Å². The van der Waals surface area contributed by atoms with Gasteiger partial charge < -0.3 is 25.7 Å². The van der Waals surface area contributed by atoms with Crippen LogP contribution in [0.3, 0.4) is 0 Å². The summed E-state index contributed by atoms with van der Waals surface area (Å²) in [5.74, 6) is 0. The smallest absolute Gasteiger partial charge is 0.0989 e. The lowest BCUT2D eigenvalue weighted by molar-refractivity contribution is 0.0172. The van der Waals surface area contributed by atoms with Crippen LogP contribution in [0.1, 0.15) is 6.42 Å². The maximum absolute atomic E-state index is 9.36. The van der Waals surface area contributed by atoms with Crippen LogP contribution in [-0.2, 0) is 0 Å². The number of aliphatic hydroxyl groups excluding tert-OH is 4. The minimum atomic E-state index is -0.938. The Bertz CT molecular complexity index is 143. The molecule has 0 amide bonds. The maximum Gasteiger partial charge on any atom is 0.0989 e. The van der Waals surface area contributed by atoms with Crippen LogP contribution in [0.25, 0.3) is 0 Å². The average molecular weight is 177 g/mol.